The highest BCUT2D eigenvalue weighted by molar-refractivity contribution is 7.89. The highest BCUT2D eigenvalue weighted by Gasteiger charge is 2.32. The lowest BCUT2D eigenvalue weighted by Gasteiger charge is -2.30. The maximum Gasteiger partial charge on any atom is 0.346 e. The molecule has 9 nitrogen and oxygen atoms in total. The molecule has 2 heterocycles. The van der Waals surface area contributed by atoms with E-state index in [0.29, 0.717) is 50.4 Å². The Labute approximate surface area is 198 Å². The summed E-state index contributed by atoms with van der Waals surface area (Å²) in [7, 11) is -2.41. The number of carbonyl (C=O) groups excluding carboxylic acids is 1. The van der Waals surface area contributed by atoms with Crippen molar-refractivity contribution >= 4 is 16.0 Å². The molecule has 0 unspecified atom stereocenters. The van der Waals surface area contributed by atoms with Crippen molar-refractivity contribution in [1.82, 2.24) is 18.7 Å². The van der Waals surface area contributed by atoms with Crippen molar-refractivity contribution in [1.29, 1.82) is 0 Å². The predicted octanol–water partition coefficient (Wildman–Crippen LogP) is 2.47. The fourth-order valence-corrected chi connectivity index (χ4v) is 5.77. The van der Waals surface area contributed by atoms with Crippen molar-refractivity contribution in [2.24, 2.45) is 0 Å². The first-order chi connectivity index (χ1) is 16.3. The molecule has 4 rings (SSSR count). The van der Waals surface area contributed by atoms with Gasteiger partial charge < -0.3 is 4.74 Å². The molecule has 0 atom stereocenters. The zero-order valence-electron chi connectivity index (χ0n) is 19.3. The number of ether oxygens (including phenoxy) is 1. The number of piperidine rings is 1. The molecule has 0 amide bonds. The van der Waals surface area contributed by atoms with Crippen LogP contribution in [0, 0.1) is 0 Å². The number of esters is 1. The molecule has 0 radical (unpaired) electrons. The van der Waals surface area contributed by atoms with Crippen LogP contribution in [0.2, 0.25) is 0 Å². The zero-order valence-corrected chi connectivity index (χ0v) is 20.1. The summed E-state index contributed by atoms with van der Waals surface area (Å²) in [5.41, 5.74) is 1.14. The Kier molecular flexibility index (Phi) is 6.99. The second kappa shape index (κ2) is 9.94. The van der Waals surface area contributed by atoms with E-state index in [4.69, 9.17) is 0 Å². The highest BCUT2D eigenvalue weighted by Crippen LogP contribution is 2.29. The molecule has 1 aliphatic heterocycles. The topological polar surface area (TPSA) is 104 Å². The number of nitrogens with zero attached hydrogens (tertiary/aromatic N) is 4. The van der Waals surface area contributed by atoms with E-state index in [2.05, 4.69) is 9.84 Å². The summed E-state index contributed by atoms with van der Waals surface area (Å²) in [6.45, 7) is 3.48. The number of benzene rings is 2. The highest BCUT2D eigenvalue weighted by atomic mass is 32.2. The number of sulfonamides is 1. The number of hydrogen-bond acceptors (Lipinski definition) is 6. The van der Waals surface area contributed by atoms with E-state index in [9.17, 15) is 18.0 Å². The van der Waals surface area contributed by atoms with Crippen LogP contribution in [0.25, 0.3) is 0 Å². The number of hydrogen-bond donors (Lipinski definition) is 0. The molecule has 0 bridgehead atoms. The molecule has 0 aliphatic carbocycles. The second-order valence-corrected chi connectivity index (χ2v) is 10.2. The average Bonchev–Trinajstić information content (AvgIpc) is 3.19. The van der Waals surface area contributed by atoms with Crippen molar-refractivity contribution in [2.75, 3.05) is 20.2 Å². The molecule has 34 heavy (non-hydrogen) atoms. The van der Waals surface area contributed by atoms with Crippen LogP contribution in [0.4, 0.5) is 0 Å². The van der Waals surface area contributed by atoms with E-state index < -0.39 is 16.0 Å². The van der Waals surface area contributed by atoms with Crippen molar-refractivity contribution < 1.29 is 17.9 Å². The van der Waals surface area contributed by atoms with Crippen molar-refractivity contribution in [3.05, 3.63) is 82.0 Å². The fraction of sp³-hybridized carbons (Fsp3) is 0.375. The van der Waals surface area contributed by atoms with Gasteiger partial charge in [-0.05, 0) is 49.6 Å². The van der Waals surface area contributed by atoms with Crippen molar-refractivity contribution in [3.63, 3.8) is 0 Å². The minimum absolute atomic E-state index is 0.00201. The summed E-state index contributed by atoms with van der Waals surface area (Å²) in [4.78, 5) is 24.6. The molecular formula is C24H28N4O5S. The Bertz CT molecular complexity index is 1310. The van der Waals surface area contributed by atoms with Gasteiger partial charge in [0.15, 0.2) is 0 Å². The largest absolute Gasteiger partial charge is 0.465 e. The molecule has 10 heteroatoms. The number of methoxy groups -OCH3 is 1. The Morgan fingerprint density at radius 3 is 2.29 bits per heavy atom. The molecule has 1 aliphatic rings. The average molecular weight is 485 g/mol. The van der Waals surface area contributed by atoms with Gasteiger partial charge in [-0.25, -0.2) is 22.7 Å². The fourth-order valence-electron chi connectivity index (χ4n) is 4.30. The van der Waals surface area contributed by atoms with Crippen LogP contribution in [-0.2, 0) is 27.8 Å². The summed E-state index contributed by atoms with van der Waals surface area (Å²) in [6.07, 6.45) is 1.14. The van der Waals surface area contributed by atoms with Gasteiger partial charge in [0.2, 0.25) is 10.0 Å². The molecule has 1 aromatic heterocycles. The van der Waals surface area contributed by atoms with Crippen LogP contribution in [0.15, 0.2) is 64.3 Å². The number of aromatic nitrogens is 3. The molecule has 180 valence electrons. The lowest BCUT2D eigenvalue weighted by atomic mass is 9.97. The van der Waals surface area contributed by atoms with E-state index in [-0.39, 0.29) is 16.5 Å². The van der Waals surface area contributed by atoms with Gasteiger partial charge in [0.05, 0.1) is 24.1 Å². The third-order valence-electron chi connectivity index (χ3n) is 6.18. The van der Waals surface area contributed by atoms with Gasteiger partial charge in [0.25, 0.3) is 0 Å². The first-order valence-corrected chi connectivity index (χ1v) is 12.7. The monoisotopic (exact) mass is 484 g/mol. The minimum atomic E-state index is -3.69. The molecule has 2 aromatic carbocycles. The predicted molar refractivity (Wildman–Crippen MR) is 126 cm³/mol. The summed E-state index contributed by atoms with van der Waals surface area (Å²) in [5.74, 6) is 0.194. The van der Waals surface area contributed by atoms with E-state index in [1.54, 1.807) is 4.57 Å². The van der Waals surface area contributed by atoms with Gasteiger partial charge in [-0.3, -0.25) is 4.57 Å². The zero-order chi connectivity index (χ0) is 24.3. The lowest BCUT2D eigenvalue weighted by Crippen LogP contribution is -2.38. The molecule has 3 aromatic rings. The molecular weight excluding hydrogens is 456 g/mol. The van der Waals surface area contributed by atoms with Crippen molar-refractivity contribution in [3.8, 4) is 0 Å². The van der Waals surface area contributed by atoms with E-state index >= 15 is 0 Å². The van der Waals surface area contributed by atoms with Gasteiger partial charge in [0, 0.05) is 25.6 Å². The first kappa shape index (κ1) is 23.9. The summed E-state index contributed by atoms with van der Waals surface area (Å²) < 4.78 is 35.5. The maximum absolute atomic E-state index is 13.1. The van der Waals surface area contributed by atoms with Gasteiger partial charge in [-0.15, -0.1) is 0 Å². The van der Waals surface area contributed by atoms with E-state index in [1.807, 2.05) is 37.3 Å². The Balaban J connectivity index is 1.48. The van der Waals surface area contributed by atoms with E-state index in [0.717, 1.165) is 5.56 Å². The van der Waals surface area contributed by atoms with Crippen molar-refractivity contribution in [2.45, 2.75) is 43.7 Å². The Hall–Kier alpha value is -3.24. The van der Waals surface area contributed by atoms with Crippen LogP contribution in [0.3, 0.4) is 0 Å². The van der Waals surface area contributed by atoms with Crippen LogP contribution in [0.5, 0.6) is 0 Å². The Morgan fingerprint density at radius 2 is 1.71 bits per heavy atom. The van der Waals surface area contributed by atoms with Crippen LogP contribution in [0.1, 0.15) is 47.4 Å². The summed E-state index contributed by atoms with van der Waals surface area (Å²) in [5, 5.41) is 4.63. The van der Waals surface area contributed by atoms with Gasteiger partial charge in [0.1, 0.15) is 5.82 Å². The normalized spacial score (nSPS) is 15.4. The number of carbonyl (C=O) groups is 1. The lowest BCUT2D eigenvalue weighted by molar-refractivity contribution is 0.0600. The summed E-state index contributed by atoms with van der Waals surface area (Å²) in [6, 6.07) is 15.4. The molecule has 1 fully saturated rings. The molecule has 1 saturated heterocycles. The smallest absolute Gasteiger partial charge is 0.346 e. The van der Waals surface area contributed by atoms with Crippen LogP contribution in [-0.4, -0.2) is 53.2 Å². The quantitative estimate of drug-likeness (QED) is 0.477. The molecule has 0 spiro atoms. The molecule has 0 N–H and O–H groups in total. The first-order valence-electron chi connectivity index (χ1n) is 11.2. The number of rotatable bonds is 7. The Morgan fingerprint density at radius 1 is 1.06 bits per heavy atom. The van der Waals surface area contributed by atoms with Gasteiger partial charge in [-0.1, -0.05) is 30.3 Å². The minimum Gasteiger partial charge on any atom is -0.465 e. The van der Waals surface area contributed by atoms with Gasteiger partial charge >= 0.3 is 11.7 Å². The standard InChI is InChI=1S/C24H28N4O5S/c1-3-27-22(25-28(24(27)30)17-18-7-5-4-6-8-18)19-13-15-26(16-14-19)34(31,32)21-11-9-20(10-12-21)23(29)33-2/h4-12,19H,3,13-17H2,1-2H3. The van der Waals surface area contributed by atoms with Gasteiger partial charge in [-0.2, -0.15) is 9.40 Å². The van der Waals surface area contributed by atoms with Crippen LogP contribution < -0.4 is 5.69 Å². The van der Waals surface area contributed by atoms with E-state index in [1.165, 1.54) is 40.4 Å². The SMILES string of the molecule is CCn1c(C2CCN(S(=O)(=O)c3ccc(C(=O)OC)cc3)CC2)nn(Cc2ccccc2)c1=O. The van der Waals surface area contributed by atoms with Crippen LogP contribution >= 0.6 is 0 Å². The third kappa shape index (κ3) is 4.69. The maximum atomic E-state index is 13.1. The molecule has 0 saturated carbocycles. The summed E-state index contributed by atoms with van der Waals surface area (Å²) >= 11 is 0. The second-order valence-electron chi connectivity index (χ2n) is 8.22. The third-order valence-corrected chi connectivity index (χ3v) is 8.09.